The van der Waals surface area contributed by atoms with Crippen molar-refractivity contribution in [2.75, 3.05) is 0 Å². The molecule has 0 saturated carbocycles. The van der Waals surface area contributed by atoms with Crippen LogP contribution >= 0.6 is 0 Å². The SMILES string of the molecule is c1ccc(C(=C(c2ccco2)c2ccco2)c2ccccc2)cc1. The van der Waals surface area contributed by atoms with Gasteiger partial charge in [0.1, 0.15) is 11.5 Å². The minimum Gasteiger partial charge on any atom is -0.464 e. The molecule has 4 aromatic rings. The third kappa shape index (κ3) is 2.70. The van der Waals surface area contributed by atoms with E-state index in [0.717, 1.165) is 33.8 Å². The van der Waals surface area contributed by atoms with E-state index in [4.69, 9.17) is 8.83 Å². The number of rotatable bonds is 4. The summed E-state index contributed by atoms with van der Waals surface area (Å²) in [5.74, 6) is 1.57. The van der Waals surface area contributed by atoms with Gasteiger partial charge in [0.25, 0.3) is 0 Å². The van der Waals surface area contributed by atoms with Gasteiger partial charge in [0.15, 0.2) is 0 Å². The lowest BCUT2D eigenvalue weighted by Gasteiger charge is -2.14. The zero-order valence-electron chi connectivity index (χ0n) is 13.1. The second-order valence-corrected chi connectivity index (χ2v) is 5.44. The van der Waals surface area contributed by atoms with Gasteiger partial charge in [0.05, 0.1) is 18.1 Å². The molecule has 0 bridgehead atoms. The Morgan fingerprint density at radius 3 is 1.29 bits per heavy atom. The van der Waals surface area contributed by atoms with E-state index in [0.29, 0.717) is 0 Å². The first-order valence-electron chi connectivity index (χ1n) is 7.86. The fourth-order valence-electron chi connectivity index (χ4n) is 2.87. The van der Waals surface area contributed by atoms with Crippen LogP contribution in [0.15, 0.2) is 106 Å². The second-order valence-electron chi connectivity index (χ2n) is 5.44. The minimum atomic E-state index is 0.785. The Bertz CT molecular complexity index is 839. The molecule has 0 aliphatic heterocycles. The summed E-state index contributed by atoms with van der Waals surface area (Å²) in [5, 5.41) is 0. The van der Waals surface area contributed by atoms with Gasteiger partial charge >= 0.3 is 0 Å². The van der Waals surface area contributed by atoms with E-state index in [1.807, 2.05) is 60.7 Å². The van der Waals surface area contributed by atoms with Crippen LogP contribution < -0.4 is 0 Å². The van der Waals surface area contributed by atoms with Gasteiger partial charge in [-0.2, -0.15) is 0 Å². The first-order chi connectivity index (χ1) is 11.9. The van der Waals surface area contributed by atoms with E-state index in [9.17, 15) is 0 Å². The van der Waals surface area contributed by atoms with Gasteiger partial charge in [-0.1, -0.05) is 60.7 Å². The molecule has 0 spiro atoms. The Morgan fingerprint density at radius 2 is 0.917 bits per heavy atom. The van der Waals surface area contributed by atoms with Gasteiger partial charge in [0.2, 0.25) is 0 Å². The number of furan rings is 2. The molecule has 2 heteroatoms. The van der Waals surface area contributed by atoms with Crippen molar-refractivity contribution in [3.05, 3.63) is 120 Å². The van der Waals surface area contributed by atoms with Crippen LogP contribution in [0, 0.1) is 0 Å². The van der Waals surface area contributed by atoms with Gasteiger partial charge in [-0.3, -0.25) is 0 Å². The van der Waals surface area contributed by atoms with Crippen LogP contribution in [0.4, 0.5) is 0 Å². The molecule has 2 nitrogen and oxygen atoms in total. The highest BCUT2D eigenvalue weighted by Gasteiger charge is 2.19. The number of hydrogen-bond acceptors (Lipinski definition) is 2. The average Bonchev–Trinajstić information content (AvgIpc) is 3.35. The van der Waals surface area contributed by atoms with Crippen LogP contribution in [0.5, 0.6) is 0 Å². The summed E-state index contributed by atoms with van der Waals surface area (Å²) in [4.78, 5) is 0. The Kier molecular flexibility index (Phi) is 3.86. The van der Waals surface area contributed by atoms with Gasteiger partial charge in [-0.05, 0) is 35.4 Å². The standard InChI is InChI=1S/C22H16O2/c1-3-9-17(10-4-1)21(18-11-5-2-6-12-18)22(19-13-7-15-23-19)20-14-8-16-24-20/h1-16H. The first kappa shape index (κ1) is 14.3. The highest BCUT2D eigenvalue weighted by molar-refractivity contribution is 6.02. The third-order valence-electron chi connectivity index (χ3n) is 3.91. The van der Waals surface area contributed by atoms with Gasteiger partial charge < -0.3 is 8.83 Å². The molecule has 0 saturated heterocycles. The summed E-state index contributed by atoms with van der Waals surface area (Å²) in [6, 6.07) is 28.3. The fraction of sp³-hybridized carbons (Fsp3) is 0. The predicted octanol–water partition coefficient (Wildman–Crippen LogP) is 5.88. The predicted molar refractivity (Wildman–Crippen MR) is 95.3 cm³/mol. The summed E-state index contributed by atoms with van der Waals surface area (Å²) in [6.07, 6.45) is 3.37. The molecule has 4 rings (SSSR count). The molecule has 0 aliphatic rings. The molecular weight excluding hydrogens is 296 g/mol. The molecule has 24 heavy (non-hydrogen) atoms. The normalized spacial score (nSPS) is 10.5. The van der Waals surface area contributed by atoms with E-state index in [1.165, 1.54) is 0 Å². The van der Waals surface area contributed by atoms with Crippen LogP contribution in [-0.2, 0) is 0 Å². The molecule has 2 aromatic carbocycles. The molecule has 0 unspecified atom stereocenters. The Morgan fingerprint density at radius 1 is 0.458 bits per heavy atom. The summed E-state index contributed by atoms with van der Waals surface area (Å²) < 4.78 is 11.5. The van der Waals surface area contributed by atoms with E-state index in [-0.39, 0.29) is 0 Å². The average molecular weight is 312 g/mol. The van der Waals surface area contributed by atoms with Crippen molar-refractivity contribution in [2.45, 2.75) is 0 Å². The summed E-state index contributed by atoms with van der Waals surface area (Å²) in [7, 11) is 0. The quantitative estimate of drug-likeness (QED) is 0.470. The highest BCUT2D eigenvalue weighted by Crippen LogP contribution is 2.36. The van der Waals surface area contributed by atoms with Gasteiger partial charge in [-0.25, -0.2) is 0 Å². The lowest BCUT2D eigenvalue weighted by Crippen LogP contribution is -1.95. The van der Waals surface area contributed by atoms with E-state index in [1.54, 1.807) is 12.5 Å². The molecule has 116 valence electrons. The molecule has 0 aliphatic carbocycles. The van der Waals surface area contributed by atoms with Crippen molar-refractivity contribution in [1.82, 2.24) is 0 Å². The zero-order chi connectivity index (χ0) is 16.2. The largest absolute Gasteiger partial charge is 0.464 e. The highest BCUT2D eigenvalue weighted by atomic mass is 16.3. The third-order valence-corrected chi connectivity index (χ3v) is 3.91. The van der Waals surface area contributed by atoms with Crippen molar-refractivity contribution in [3.63, 3.8) is 0 Å². The van der Waals surface area contributed by atoms with Crippen LogP contribution in [0.3, 0.4) is 0 Å². The summed E-state index contributed by atoms with van der Waals surface area (Å²) >= 11 is 0. The minimum absolute atomic E-state index is 0.785. The summed E-state index contributed by atoms with van der Waals surface area (Å²) in [6.45, 7) is 0. The lowest BCUT2D eigenvalue weighted by atomic mass is 9.91. The molecule has 0 amide bonds. The maximum Gasteiger partial charge on any atom is 0.138 e. The maximum absolute atomic E-state index is 5.73. The number of benzene rings is 2. The van der Waals surface area contributed by atoms with Crippen molar-refractivity contribution in [1.29, 1.82) is 0 Å². The van der Waals surface area contributed by atoms with Crippen LogP contribution in [0.25, 0.3) is 11.1 Å². The lowest BCUT2D eigenvalue weighted by molar-refractivity contribution is 0.530. The van der Waals surface area contributed by atoms with E-state index >= 15 is 0 Å². The van der Waals surface area contributed by atoms with E-state index in [2.05, 4.69) is 24.3 Å². The van der Waals surface area contributed by atoms with Crippen LogP contribution in [0.2, 0.25) is 0 Å². The Hall–Kier alpha value is -3.26. The maximum atomic E-state index is 5.73. The molecule has 0 N–H and O–H groups in total. The molecule has 2 heterocycles. The molecule has 2 aromatic heterocycles. The summed E-state index contributed by atoms with van der Waals surface area (Å²) in [5.41, 5.74) is 4.27. The zero-order valence-corrected chi connectivity index (χ0v) is 13.1. The smallest absolute Gasteiger partial charge is 0.138 e. The van der Waals surface area contributed by atoms with E-state index < -0.39 is 0 Å². The van der Waals surface area contributed by atoms with Gasteiger partial charge in [-0.15, -0.1) is 0 Å². The molecule has 0 radical (unpaired) electrons. The number of hydrogen-bond donors (Lipinski definition) is 0. The molecular formula is C22H16O2. The fourth-order valence-corrected chi connectivity index (χ4v) is 2.87. The Balaban J connectivity index is 2.07. The molecule has 0 fully saturated rings. The Labute approximate surface area is 140 Å². The second kappa shape index (κ2) is 6.47. The first-order valence-corrected chi connectivity index (χ1v) is 7.86. The van der Waals surface area contributed by atoms with Crippen molar-refractivity contribution < 1.29 is 8.83 Å². The van der Waals surface area contributed by atoms with Crippen molar-refractivity contribution >= 4 is 11.1 Å². The van der Waals surface area contributed by atoms with Crippen LogP contribution in [-0.4, -0.2) is 0 Å². The van der Waals surface area contributed by atoms with Gasteiger partial charge in [0, 0.05) is 5.57 Å². The monoisotopic (exact) mass is 312 g/mol. The van der Waals surface area contributed by atoms with Crippen molar-refractivity contribution in [2.24, 2.45) is 0 Å². The molecule has 0 atom stereocenters. The topological polar surface area (TPSA) is 26.3 Å². The van der Waals surface area contributed by atoms with Crippen LogP contribution in [0.1, 0.15) is 22.6 Å². The van der Waals surface area contributed by atoms with Crippen molar-refractivity contribution in [3.8, 4) is 0 Å².